The van der Waals surface area contributed by atoms with E-state index < -0.39 is 12.2 Å². The van der Waals surface area contributed by atoms with Crippen LogP contribution in [0.2, 0.25) is 0 Å². The Morgan fingerprint density at radius 3 is 2.52 bits per heavy atom. The molecule has 6 fully saturated rings. The second-order valence-corrected chi connectivity index (χ2v) is 17.0. The summed E-state index contributed by atoms with van der Waals surface area (Å²) in [6.07, 6.45) is 9.67. The molecule has 7 nitrogen and oxygen atoms in total. The first-order valence-electron chi connectivity index (χ1n) is 17.7. The standard InChI is InChI=1S/C39H52O7/c1-22(19-40)14-26-16-27(34(43)46-26)28-11-13-38-20-39(28,38)33(42)18-31-35(2)12-10-24-15-29(23-6-8-25(44-5)9-7-23)45-21-36(24,3)30(35)17-32(41)37(31,38)4/h6-10,14,26-33,40-42H,11-13,15-21H2,1-5H3/b22-14-/t26-,27-,28-,29-,30+,31+,32+,33+,35-,36-,37-,38+,39+/m0/s1. The zero-order chi connectivity index (χ0) is 32.4. The summed E-state index contributed by atoms with van der Waals surface area (Å²) in [7, 11) is 1.69. The smallest absolute Gasteiger partial charge is 0.309 e. The Labute approximate surface area is 273 Å². The predicted octanol–water partition coefficient (Wildman–Crippen LogP) is 5.92. The van der Waals surface area contributed by atoms with Gasteiger partial charge < -0.3 is 29.5 Å². The van der Waals surface area contributed by atoms with E-state index >= 15 is 0 Å². The molecule has 0 radical (unpaired) electrons. The maximum atomic E-state index is 13.3. The average Bonchev–Trinajstić information content (AvgIpc) is 3.47. The summed E-state index contributed by atoms with van der Waals surface area (Å²) in [4.78, 5) is 13.3. The second kappa shape index (κ2) is 10.2. The van der Waals surface area contributed by atoms with Crippen molar-refractivity contribution in [2.75, 3.05) is 20.3 Å². The molecule has 2 heterocycles. The van der Waals surface area contributed by atoms with Gasteiger partial charge in [-0.15, -0.1) is 0 Å². The molecule has 3 N–H and O–H groups in total. The van der Waals surface area contributed by atoms with Crippen molar-refractivity contribution >= 4 is 5.97 Å². The summed E-state index contributed by atoms with van der Waals surface area (Å²) < 4.78 is 17.8. The van der Waals surface area contributed by atoms with Gasteiger partial charge >= 0.3 is 5.97 Å². The van der Waals surface area contributed by atoms with Gasteiger partial charge in [0, 0.05) is 22.7 Å². The molecule has 1 aromatic rings. The number of fused-ring (bicyclic) bond motifs is 5. The van der Waals surface area contributed by atoms with E-state index in [1.807, 2.05) is 25.1 Å². The molecule has 0 bridgehead atoms. The molecule has 7 heteroatoms. The number of hydrogen-bond donors (Lipinski definition) is 3. The number of aliphatic hydroxyl groups is 3. The van der Waals surface area contributed by atoms with Gasteiger partial charge in [0.25, 0.3) is 0 Å². The normalized spacial score (nSPS) is 50.7. The van der Waals surface area contributed by atoms with Crippen LogP contribution in [0.15, 0.2) is 47.6 Å². The van der Waals surface area contributed by atoms with Crippen LogP contribution in [0.4, 0.5) is 0 Å². The SMILES string of the molecule is COc1ccc([C@@H]2CC3=CC[C@]4(C)[C@H]5C[C@@H](O)[C@]67C[C@]6(CC[C@H]7[C@@H]6C[C@H](/C=C(/C)CO)OC6=O)[C@]5(C)[C@H](O)C[C@H]4[C@@]3(C)CO2)cc1. The lowest BCUT2D eigenvalue weighted by Crippen LogP contribution is -2.67. The Morgan fingerprint density at radius 2 is 1.80 bits per heavy atom. The van der Waals surface area contributed by atoms with E-state index in [1.165, 1.54) is 11.1 Å². The maximum absolute atomic E-state index is 13.3. The molecule has 7 aliphatic rings. The Bertz CT molecular complexity index is 1480. The minimum atomic E-state index is -0.498. The van der Waals surface area contributed by atoms with Gasteiger partial charge in [-0.2, -0.15) is 0 Å². The number of esters is 1. The Hall–Kier alpha value is -2.19. The van der Waals surface area contributed by atoms with E-state index in [4.69, 9.17) is 14.2 Å². The fraction of sp³-hybridized carbons (Fsp3) is 0.718. The number of aliphatic hydroxyl groups excluding tert-OH is 3. The van der Waals surface area contributed by atoms with Crippen molar-refractivity contribution in [1.29, 1.82) is 0 Å². The number of hydrogen-bond acceptors (Lipinski definition) is 7. The summed E-state index contributed by atoms with van der Waals surface area (Å²) in [5.41, 5.74) is 2.36. The highest BCUT2D eigenvalue weighted by Crippen LogP contribution is 2.90. The molecule has 0 amide bonds. The average molecular weight is 633 g/mol. The molecule has 2 aliphatic heterocycles. The largest absolute Gasteiger partial charge is 0.497 e. The minimum Gasteiger partial charge on any atom is -0.497 e. The van der Waals surface area contributed by atoms with E-state index in [1.54, 1.807) is 7.11 Å². The lowest BCUT2D eigenvalue weighted by Gasteiger charge is -2.68. The highest BCUT2D eigenvalue weighted by molar-refractivity contribution is 5.76. The molecule has 2 saturated heterocycles. The van der Waals surface area contributed by atoms with E-state index in [0.717, 1.165) is 49.8 Å². The predicted molar refractivity (Wildman–Crippen MR) is 173 cm³/mol. The van der Waals surface area contributed by atoms with Crippen LogP contribution in [0.5, 0.6) is 5.75 Å². The van der Waals surface area contributed by atoms with Gasteiger partial charge in [0.2, 0.25) is 0 Å². The molecule has 0 spiro atoms. The zero-order valence-electron chi connectivity index (χ0n) is 28.1. The molecule has 1 aromatic carbocycles. The monoisotopic (exact) mass is 632 g/mol. The van der Waals surface area contributed by atoms with Gasteiger partial charge in [-0.3, -0.25) is 4.79 Å². The molecule has 0 aromatic heterocycles. The Kier molecular flexibility index (Phi) is 6.87. The molecule has 46 heavy (non-hydrogen) atoms. The van der Waals surface area contributed by atoms with Crippen molar-refractivity contribution in [2.24, 2.45) is 50.7 Å². The van der Waals surface area contributed by atoms with Crippen molar-refractivity contribution in [2.45, 2.75) is 103 Å². The maximum Gasteiger partial charge on any atom is 0.309 e. The minimum absolute atomic E-state index is 0.0104. The topological polar surface area (TPSA) is 105 Å². The number of ether oxygens (including phenoxy) is 3. The summed E-state index contributed by atoms with van der Waals surface area (Å²) in [5, 5.41) is 34.2. The van der Waals surface area contributed by atoms with Crippen LogP contribution in [0.1, 0.15) is 90.7 Å². The van der Waals surface area contributed by atoms with Crippen molar-refractivity contribution in [3.63, 3.8) is 0 Å². The third kappa shape index (κ3) is 3.78. The number of benzene rings is 1. The van der Waals surface area contributed by atoms with Crippen LogP contribution >= 0.6 is 0 Å². The van der Waals surface area contributed by atoms with Crippen LogP contribution in [0.3, 0.4) is 0 Å². The molecular formula is C39H52O7. The highest BCUT2D eigenvalue weighted by atomic mass is 16.6. The van der Waals surface area contributed by atoms with E-state index in [2.05, 4.69) is 39.0 Å². The number of carbonyl (C=O) groups excluding carboxylic acids is 1. The molecule has 8 rings (SSSR count). The van der Waals surface area contributed by atoms with E-state index in [9.17, 15) is 20.1 Å². The van der Waals surface area contributed by atoms with E-state index in [0.29, 0.717) is 19.4 Å². The van der Waals surface area contributed by atoms with Gasteiger partial charge in [0.15, 0.2) is 0 Å². The van der Waals surface area contributed by atoms with Crippen molar-refractivity contribution in [3.05, 3.63) is 53.1 Å². The lowest BCUT2D eigenvalue weighted by atomic mass is 9.37. The van der Waals surface area contributed by atoms with Gasteiger partial charge in [0.1, 0.15) is 11.9 Å². The van der Waals surface area contributed by atoms with Gasteiger partial charge in [0.05, 0.1) is 44.6 Å². The quantitative estimate of drug-likeness (QED) is 0.273. The number of allylic oxidation sites excluding steroid dienone is 1. The Balaban J connectivity index is 1.09. The van der Waals surface area contributed by atoms with Crippen molar-refractivity contribution < 1.29 is 34.3 Å². The first-order chi connectivity index (χ1) is 21.9. The van der Waals surface area contributed by atoms with Crippen LogP contribution in [-0.4, -0.2) is 59.9 Å². The van der Waals surface area contributed by atoms with Crippen LogP contribution in [-0.2, 0) is 14.3 Å². The molecule has 0 unspecified atom stereocenters. The van der Waals surface area contributed by atoms with E-state index in [-0.39, 0.29) is 75.5 Å². The van der Waals surface area contributed by atoms with Crippen LogP contribution < -0.4 is 4.74 Å². The third-order valence-electron chi connectivity index (χ3n) is 15.5. The number of rotatable bonds is 5. The van der Waals surface area contributed by atoms with Gasteiger partial charge in [-0.25, -0.2) is 0 Å². The molecule has 5 aliphatic carbocycles. The van der Waals surface area contributed by atoms with Gasteiger partial charge in [-0.1, -0.05) is 44.6 Å². The summed E-state index contributed by atoms with van der Waals surface area (Å²) >= 11 is 0. The Morgan fingerprint density at radius 1 is 1.07 bits per heavy atom. The third-order valence-corrected chi connectivity index (χ3v) is 15.5. The highest BCUT2D eigenvalue weighted by Gasteiger charge is 2.88. The molecular weight excluding hydrogens is 580 g/mol. The summed E-state index contributed by atoms with van der Waals surface area (Å²) in [6.45, 7) is 9.59. The molecule has 13 atom stereocenters. The lowest BCUT2D eigenvalue weighted by molar-refractivity contribution is -0.240. The zero-order valence-corrected chi connectivity index (χ0v) is 28.1. The van der Waals surface area contributed by atoms with Crippen molar-refractivity contribution in [1.82, 2.24) is 0 Å². The fourth-order valence-electron chi connectivity index (χ4n) is 13.2. The molecule has 4 saturated carbocycles. The summed E-state index contributed by atoms with van der Waals surface area (Å²) in [6, 6.07) is 8.21. The first kappa shape index (κ1) is 31.1. The van der Waals surface area contributed by atoms with Crippen LogP contribution in [0.25, 0.3) is 0 Å². The number of methoxy groups -OCH3 is 1. The van der Waals surface area contributed by atoms with Gasteiger partial charge in [-0.05, 0) is 110 Å². The summed E-state index contributed by atoms with van der Waals surface area (Å²) in [5.74, 6) is 0.933. The molecule has 250 valence electrons. The second-order valence-electron chi connectivity index (χ2n) is 17.0. The first-order valence-corrected chi connectivity index (χ1v) is 17.7. The number of carbonyl (C=O) groups is 1. The van der Waals surface area contributed by atoms with Crippen molar-refractivity contribution in [3.8, 4) is 5.75 Å². The fourth-order valence-corrected chi connectivity index (χ4v) is 13.2. The van der Waals surface area contributed by atoms with Crippen LogP contribution in [0, 0.1) is 50.7 Å². The number of cyclic esters (lactones) is 1.